The van der Waals surface area contributed by atoms with Gasteiger partial charge in [0.1, 0.15) is 11.6 Å². The minimum absolute atomic E-state index is 0.109. The summed E-state index contributed by atoms with van der Waals surface area (Å²) < 4.78 is 18.6. The second-order valence-electron chi connectivity index (χ2n) is 6.56. The van der Waals surface area contributed by atoms with E-state index in [-0.39, 0.29) is 18.5 Å². The Morgan fingerprint density at radius 1 is 1.31 bits per heavy atom. The van der Waals surface area contributed by atoms with E-state index in [1.54, 1.807) is 24.1 Å². The van der Waals surface area contributed by atoms with E-state index in [1.807, 2.05) is 12.1 Å². The molecule has 2 aliphatic rings. The Morgan fingerprint density at radius 2 is 2.15 bits per heavy atom. The molecule has 7 heteroatoms. The average Bonchev–Trinajstić information content (AvgIpc) is 3.19. The Balaban J connectivity index is 1.57. The number of anilines is 2. The number of nitrogens with one attached hydrogen (secondary N) is 2. The summed E-state index contributed by atoms with van der Waals surface area (Å²) >= 11 is 0. The van der Waals surface area contributed by atoms with Gasteiger partial charge in [-0.05, 0) is 48.4 Å². The maximum Gasteiger partial charge on any atom is 0.321 e. The number of carbonyl (C=O) groups is 2. The van der Waals surface area contributed by atoms with Crippen molar-refractivity contribution < 1.29 is 18.7 Å². The lowest BCUT2D eigenvalue weighted by molar-refractivity contribution is -0.120. The van der Waals surface area contributed by atoms with Crippen molar-refractivity contribution in [3.05, 3.63) is 53.8 Å². The predicted octanol–water partition coefficient (Wildman–Crippen LogP) is 2.96. The van der Waals surface area contributed by atoms with E-state index in [0.29, 0.717) is 24.4 Å². The Morgan fingerprint density at radius 3 is 2.92 bits per heavy atom. The molecule has 0 saturated carbocycles. The van der Waals surface area contributed by atoms with Gasteiger partial charge in [0.15, 0.2) is 0 Å². The fourth-order valence-electron chi connectivity index (χ4n) is 3.68. The highest BCUT2D eigenvalue weighted by molar-refractivity contribution is 6.07. The van der Waals surface area contributed by atoms with E-state index in [9.17, 15) is 14.0 Å². The fraction of sp³-hybridized carbons (Fsp3) is 0.263. The lowest BCUT2D eigenvalue weighted by atomic mass is 9.81. The van der Waals surface area contributed by atoms with Crippen LogP contribution in [-0.2, 0) is 10.2 Å². The zero-order valence-corrected chi connectivity index (χ0v) is 14.2. The molecular formula is C19H18FN3O3. The van der Waals surface area contributed by atoms with Crippen LogP contribution in [0.4, 0.5) is 20.6 Å². The van der Waals surface area contributed by atoms with Gasteiger partial charge in [-0.2, -0.15) is 0 Å². The van der Waals surface area contributed by atoms with E-state index >= 15 is 0 Å². The molecule has 26 heavy (non-hydrogen) atoms. The second-order valence-corrected chi connectivity index (χ2v) is 6.56. The summed E-state index contributed by atoms with van der Waals surface area (Å²) in [5.74, 6) is 0.140. The smallest absolute Gasteiger partial charge is 0.321 e. The van der Waals surface area contributed by atoms with Gasteiger partial charge in [-0.3, -0.25) is 4.79 Å². The van der Waals surface area contributed by atoms with Crippen molar-refractivity contribution in [3.63, 3.8) is 0 Å². The van der Waals surface area contributed by atoms with Crippen LogP contribution in [0.3, 0.4) is 0 Å². The highest BCUT2D eigenvalue weighted by atomic mass is 19.1. The molecular weight excluding hydrogens is 337 g/mol. The third-order valence-electron chi connectivity index (χ3n) is 5.06. The highest BCUT2D eigenvalue weighted by Crippen LogP contribution is 2.45. The van der Waals surface area contributed by atoms with Gasteiger partial charge in [0.05, 0.1) is 12.5 Å². The number of fused-ring (bicyclic) bond motifs is 2. The van der Waals surface area contributed by atoms with Crippen LogP contribution in [0.15, 0.2) is 42.5 Å². The van der Waals surface area contributed by atoms with Gasteiger partial charge >= 0.3 is 6.03 Å². The number of rotatable bonds is 2. The number of urea groups is 1. The van der Waals surface area contributed by atoms with E-state index in [0.717, 1.165) is 11.3 Å². The van der Waals surface area contributed by atoms with Gasteiger partial charge < -0.3 is 20.3 Å². The molecule has 0 aliphatic carbocycles. The molecule has 1 saturated heterocycles. The number of nitrogens with zero attached hydrogens (tertiary/aromatic N) is 1. The molecule has 2 heterocycles. The summed E-state index contributed by atoms with van der Waals surface area (Å²) in [4.78, 5) is 26.8. The van der Waals surface area contributed by atoms with E-state index < -0.39 is 11.2 Å². The first kappa shape index (κ1) is 16.4. The average molecular weight is 355 g/mol. The molecule has 2 aliphatic heterocycles. The summed E-state index contributed by atoms with van der Waals surface area (Å²) in [5.41, 5.74) is 1.21. The number of hydrogen-bond donors (Lipinski definition) is 2. The molecule has 1 spiro atoms. The number of carbonyl (C=O) groups excluding carboxylic acids is 2. The standard InChI is InChI=1S/C19H18FN3O3/c1-26-14-5-6-16-15(10-14)19(17(24)22-16)7-8-23(11-19)18(25)21-13-4-2-3-12(20)9-13/h2-6,9-10H,7-8,11H2,1H3,(H,21,25)(H,22,24)/t19-/m1/s1. The summed E-state index contributed by atoms with van der Waals surface area (Å²) in [5, 5.41) is 5.58. The Bertz CT molecular complexity index is 901. The number of benzene rings is 2. The Kier molecular flexibility index (Phi) is 3.79. The summed E-state index contributed by atoms with van der Waals surface area (Å²) in [6, 6.07) is 10.8. The molecule has 4 rings (SSSR count). The van der Waals surface area contributed by atoms with Crippen molar-refractivity contribution in [2.45, 2.75) is 11.8 Å². The first-order valence-electron chi connectivity index (χ1n) is 8.33. The molecule has 134 valence electrons. The minimum atomic E-state index is -0.775. The van der Waals surface area contributed by atoms with Crippen LogP contribution in [-0.4, -0.2) is 37.0 Å². The molecule has 0 aromatic heterocycles. The van der Waals surface area contributed by atoms with Crippen LogP contribution in [0.1, 0.15) is 12.0 Å². The molecule has 1 atom stereocenters. The molecule has 0 bridgehead atoms. The van der Waals surface area contributed by atoms with E-state index in [4.69, 9.17) is 4.74 Å². The first-order chi connectivity index (χ1) is 12.5. The number of ether oxygens (including phenoxy) is 1. The molecule has 2 aromatic rings. The predicted molar refractivity (Wildman–Crippen MR) is 94.9 cm³/mol. The van der Waals surface area contributed by atoms with Crippen LogP contribution in [0, 0.1) is 5.82 Å². The van der Waals surface area contributed by atoms with E-state index in [1.165, 1.54) is 18.2 Å². The lowest BCUT2D eigenvalue weighted by Gasteiger charge is -2.23. The third kappa shape index (κ3) is 2.56. The zero-order valence-electron chi connectivity index (χ0n) is 14.2. The highest BCUT2D eigenvalue weighted by Gasteiger charge is 2.52. The summed E-state index contributed by atoms with van der Waals surface area (Å²) in [6.45, 7) is 0.700. The topological polar surface area (TPSA) is 70.7 Å². The number of hydrogen-bond acceptors (Lipinski definition) is 3. The summed E-state index contributed by atoms with van der Waals surface area (Å²) in [6.07, 6.45) is 0.523. The second kappa shape index (κ2) is 6.01. The maximum absolute atomic E-state index is 13.3. The van der Waals surface area contributed by atoms with E-state index in [2.05, 4.69) is 10.6 Å². The molecule has 1 fully saturated rings. The normalized spacial score (nSPS) is 20.8. The van der Waals surface area contributed by atoms with Crippen molar-refractivity contribution >= 4 is 23.3 Å². The van der Waals surface area contributed by atoms with Crippen molar-refractivity contribution in [1.29, 1.82) is 0 Å². The zero-order chi connectivity index (χ0) is 18.3. The van der Waals surface area contributed by atoms with Gasteiger partial charge in [-0.15, -0.1) is 0 Å². The summed E-state index contributed by atoms with van der Waals surface area (Å²) in [7, 11) is 1.58. The third-order valence-corrected chi connectivity index (χ3v) is 5.06. The van der Waals surface area contributed by atoms with Gasteiger partial charge in [0.25, 0.3) is 0 Å². The quantitative estimate of drug-likeness (QED) is 0.870. The van der Waals surface area contributed by atoms with Gasteiger partial charge in [-0.25, -0.2) is 9.18 Å². The number of likely N-dealkylation sites (tertiary alicyclic amines) is 1. The molecule has 0 unspecified atom stereocenters. The molecule has 2 N–H and O–H groups in total. The van der Waals surface area contributed by atoms with Crippen molar-refractivity contribution in [1.82, 2.24) is 4.90 Å². The van der Waals surface area contributed by atoms with Gasteiger partial charge in [-0.1, -0.05) is 6.07 Å². The van der Waals surface area contributed by atoms with Gasteiger partial charge in [0, 0.05) is 24.5 Å². The fourth-order valence-corrected chi connectivity index (χ4v) is 3.68. The Hall–Kier alpha value is -3.09. The SMILES string of the molecule is COc1ccc2c(c1)[C@]1(CCN(C(=O)Nc3cccc(F)c3)C1)C(=O)N2. The van der Waals surface area contributed by atoms with Crippen LogP contribution >= 0.6 is 0 Å². The number of halogens is 1. The number of methoxy groups -OCH3 is 1. The monoisotopic (exact) mass is 355 g/mol. The van der Waals surface area contributed by atoms with Crippen LogP contribution in [0.2, 0.25) is 0 Å². The van der Waals surface area contributed by atoms with Gasteiger partial charge in [0.2, 0.25) is 5.91 Å². The van der Waals surface area contributed by atoms with Crippen molar-refractivity contribution in [2.24, 2.45) is 0 Å². The Labute approximate surface area is 149 Å². The van der Waals surface area contributed by atoms with Crippen LogP contribution in [0.5, 0.6) is 5.75 Å². The number of amides is 3. The molecule has 3 amide bonds. The molecule has 2 aromatic carbocycles. The first-order valence-corrected chi connectivity index (χ1v) is 8.33. The van der Waals surface area contributed by atoms with Crippen LogP contribution in [0.25, 0.3) is 0 Å². The molecule has 0 radical (unpaired) electrons. The maximum atomic E-state index is 13.3. The van der Waals surface area contributed by atoms with Crippen molar-refractivity contribution in [3.8, 4) is 5.75 Å². The minimum Gasteiger partial charge on any atom is -0.497 e. The van der Waals surface area contributed by atoms with Crippen LogP contribution < -0.4 is 15.4 Å². The lowest BCUT2D eigenvalue weighted by Crippen LogP contribution is -2.40. The van der Waals surface area contributed by atoms with Crippen molar-refractivity contribution in [2.75, 3.05) is 30.8 Å². The molecule has 6 nitrogen and oxygen atoms in total. The largest absolute Gasteiger partial charge is 0.497 e.